The number of likely N-dealkylation sites (N-methyl/N-ethyl adjacent to an activating group) is 4. The van der Waals surface area contributed by atoms with E-state index < -0.39 is 5.92 Å². The molecule has 26 heteroatoms. The van der Waals surface area contributed by atoms with Crippen molar-refractivity contribution in [3.05, 3.63) is 18.7 Å². The summed E-state index contributed by atoms with van der Waals surface area (Å²) in [6.07, 6.45) is 12.3. The van der Waals surface area contributed by atoms with Crippen LogP contribution in [0.25, 0.3) is 0 Å². The minimum absolute atomic E-state index is 0.0272. The molecule has 3 atom stereocenters. The Morgan fingerprint density at radius 3 is 0.878 bits per heavy atom. The third kappa shape index (κ3) is 54.0. The van der Waals surface area contributed by atoms with Crippen molar-refractivity contribution in [1.82, 2.24) is 98.2 Å². The Morgan fingerprint density at radius 2 is 0.646 bits per heavy atom. The molecule has 13 fully saturated rings. The summed E-state index contributed by atoms with van der Waals surface area (Å²) in [7, 11) is 8.90. The van der Waals surface area contributed by atoms with Gasteiger partial charge in [0.05, 0.1) is 32.6 Å². The molecule has 0 aromatic carbocycles. The smallest absolute Gasteiger partial charge is 0.317 e. The first-order chi connectivity index (χ1) is 65.7. The first kappa shape index (κ1) is 142. The zero-order valence-electron chi connectivity index (χ0n) is 108. The maximum atomic E-state index is 12.3. The number of likely N-dealkylation sites (tertiary alicyclic amines) is 6. The summed E-state index contributed by atoms with van der Waals surface area (Å²) in [5.41, 5.74) is 4.22. The van der Waals surface area contributed by atoms with Gasteiger partial charge in [-0.15, -0.1) is 0 Å². The van der Waals surface area contributed by atoms with Crippen LogP contribution in [0.5, 0.6) is 0 Å². The van der Waals surface area contributed by atoms with Gasteiger partial charge in [-0.1, -0.05) is 20.8 Å². The number of nitrogens with one attached hydrogen (secondary N) is 1. The Kier molecular flexibility index (Phi) is 55.2. The van der Waals surface area contributed by atoms with Gasteiger partial charge in [-0.05, 0) is 437 Å². The van der Waals surface area contributed by atoms with Gasteiger partial charge in [0.2, 0.25) is 11.8 Å². The fourth-order valence-corrected chi connectivity index (χ4v) is 19.3. The number of urea groups is 1. The molecule has 13 saturated heterocycles. The number of carbonyl (C=O) groups excluding carboxylic acids is 3. The number of alkyl halides is 2. The van der Waals surface area contributed by atoms with Gasteiger partial charge in [-0.3, -0.25) is 73.3 Å². The second-order valence-corrected chi connectivity index (χ2v) is 61.3. The number of amides is 4. The van der Waals surface area contributed by atoms with Gasteiger partial charge < -0.3 is 34.2 Å². The van der Waals surface area contributed by atoms with Gasteiger partial charge in [0, 0.05) is 275 Å². The number of hydrogen-bond donors (Lipinski definition) is 1. The first-order valence-electron chi connectivity index (χ1n) is 57.7. The highest BCUT2D eigenvalue weighted by Gasteiger charge is 2.49. The molecule has 24 nitrogen and oxygen atoms in total. The maximum Gasteiger partial charge on any atom is 0.317 e. The van der Waals surface area contributed by atoms with Crippen LogP contribution < -0.4 is 5.32 Å². The molecule has 13 aliphatic rings. The van der Waals surface area contributed by atoms with E-state index in [1.807, 2.05) is 68.8 Å². The number of morpholine rings is 1. The Bertz CT molecular complexity index is 3660. The number of ether oxygens (including phenoxy) is 1. The molecule has 147 heavy (non-hydrogen) atoms. The number of piperidine rings is 1. The number of piperazine rings is 4. The van der Waals surface area contributed by atoms with Gasteiger partial charge in [-0.2, -0.15) is 0 Å². The number of aromatic nitrogens is 2. The van der Waals surface area contributed by atoms with Gasteiger partial charge in [0.25, 0.3) is 5.92 Å². The lowest BCUT2D eigenvalue weighted by Gasteiger charge is -2.58. The maximum absolute atomic E-state index is 12.3. The number of rotatable bonds is 0. The van der Waals surface area contributed by atoms with Gasteiger partial charge in [0.1, 0.15) is 0 Å². The summed E-state index contributed by atoms with van der Waals surface area (Å²) in [6.45, 7) is 149. The number of halogens is 2. The lowest BCUT2D eigenvalue weighted by atomic mass is 9.86. The van der Waals surface area contributed by atoms with E-state index in [0.29, 0.717) is 73.7 Å². The summed E-state index contributed by atoms with van der Waals surface area (Å²) in [6, 6.07) is 1.43. The van der Waals surface area contributed by atoms with Crippen molar-refractivity contribution in [2.75, 3.05) is 218 Å². The highest BCUT2D eigenvalue weighted by Crippen LogP contribution is 2.37. The van der Waals surface area contributed by atoms with Crippen LogP contribution in [0, 0.1) is 17.8 Å². The van der Waals surface area contributed by atoms with Crippen LogP contribution in [0.3, 0.4) is 0 Å². The Hall–Kier alpha value is -3.32. The van der Waals surface area contributed by atoms with Crippen LogP contribution in [-0.4, -0.2) is 435 Å². The predicted octanol–water partition coefficient (Wildman–Crippen LogP) is 22.4. The predicted molar refractivity (Wildman–Crippen MR) is 631 cm³/mol. The van der Waals surface area contributed by atoms with E-state index in [2.05, 4.69) is 432 Å². The molecule has 4 amide bonds. The minimum Gasteiger partial charge on any atom is -0.379 e. The molecule has 0 saturated carbocycles. The highest BCUT2D eigenvalue weighted by molar-refractivity contribution is 5.82. The van der Waals surface area contributed by atoms with Crippen molar-refractivity contribution in [2.45, 2.75) is 518 Å². The summed E-state index contributed by atoms with van der Waals surface area (Å²) in [5, 5.41) is 2.76. The fourth-order valence-electron chi connectivity index (χ4n) is 19.3. The average Bonchev–Trinajstić information content (AvgIpc) is 1.14. The van der Waals surface area contributed by atoms with Crippen molar-refractivity contribution in [3.8, 4) is 0 Å². The lowest BCUT2D eigenvalue weighted by Crippen LogP contribution is -2.69. The largest absolute Gasteiger partial charge is 0.379 e. The van der Waals surface area contributed by atoms with E-state index in [-0.39, 0.29) is 63.4 Å². The summed E-state index contributed by atoms with van der Waals surface area (Å²) < 4.78 is 31.9. The molecule has 1 aromatic heterocycles. The first-order valence-corrected chi connectivity index (χ1v) is 57.7. The normalized spacial score (nSPS) is 24.3. The van der Waals surface area contributed by atoms with E-state index in [0.717, 1.165) is 103 Å². The van der Waals surface area contributed by atoms with Crippen molar-refractivity contribution >= 4 is 17.8 Å². The molecular formula is C121H250F2N20O4. The van der Waals surface area contributed by atoms with Crippen LogP contribution in [0.2, 0.25) is 0 Å². The zero-order chi connectivity index (χ0) is 115. The van der Waals surface area contributed by atoms with E-state index in [4.69, 9.17) is 4.74 Å². The molecule has 1 N–H and O–H groups in total. The van der Waals surface area contributed by atoms with Gasteiger partial charge in [0.15, 0.2) is 0 Å². The van der Waals surface area contributed by atoms with E-state index in [1.54, 1.807) is 11.1 Å². The summed E-state index contributed by atoms with van der Waals surface area (Å²) in [5.74, 6) is 0.986. The summed E-state index contributed by atoms with van der Waals surface area (Å²) in [4.78, 5) is 77.1. The van der Waals surface area contributed by atoms with E-state index >= 15 is 0 Å². The minimum atomic E-state index is -2.42. The van der Waals surface area contributed by atoms with Crippen LogP contribution in [0.15, 0.2) is 18.7 Å². The lowest BCUT2D eigenvalue weighted by molar-refractivity contribution is -0.160. The second-order valence-electron chi connectivity index (χ2n) is 61.3. The number of β-lactam (4-membered cyclic amide) rings is 1. The number of carbonyl (C=O) groups is 3. The molecule has 1 aromatic rings. The van der Waals surface area contributed by atoms with Crippen molar-refractivity contribution in [3.63, 3.8) is 0 Å². The molecular weight excluding hydrogens is 1840 g/mol. The van der Waals surface area contributed by atoms with Crippen molar-refractivity contribution in [2.24, 2.45) is 17.8 Å². The van der Waals surface area contributed by atoms with Crippen LogP contribution >= 0.6 is 0 Å². The van der Waals surface area contributed by atoms with Crippen LogP contribution in [0.4, 0.5) is 13.6 Å². The second kappa shape index (κ2) is 57.2. The van der Waals surface area contributed by atoms with Crippen LogP contribution in [-0.2, 0) is 19.9 Å². The molecule has 14 heterocycles. The van der Waals surface area contributed by atoms with Crippen molar-refractivity contribution < 1.29 is 27.9 Å². The molecule has 0 radical (unpaired) electrons. The monoisotopic (exact) mass is 2090 g/mol. The Labute approximate surface area is 911 Å². The number of hydrogen-bond acceptors (Lipinski definition) is 19. The van der Waals surface area contributed by atoms with Crippen LogP contribution in [0.1, 0.15) is 405 Å². The topological polar surface area (TPSA) is 145 Å². The van der Waals surface area contributed by atoms with Crippen molar-refractivity contribution in [1.29, 1.82) is 0 Å². The van der Waals surface area contributed by atoms with E-state index in [1.165, 1.54) is 131 Å². The molecule has 0 spiro atoms. The Balaban J connectivity index is 0.000000794. The third-order valence-corrected chi connectivity index (χ3v) is 31.7. The molecule has 872 valence electrons. The number of imidazole rings is 1. The SMILES string of the molecule is CC(C)(C)N1CC(F)(F)C1.CC(C)(C)N1CC1.CC(C)(C)N1CCC1=O.CC(C)(C)N1CCCC1=O.CC(C)(C)N1CCNC1=O.CC(C)(C)N1CCOCC1.CC(C)(C)n1ccnc1.CC1CCN(C(C)(C)C)C1.CC1CCN(C(C)(C)C)CC1.CC1CN(C(C)(C)C)C1.CC1CN(C(C)(C)C)CC(C)N1C.CN1C(C)(C)CN(C(C)(C)C)CC1(C)C.CN1CCN(C(C)(C)C)CC1.CN1CCN(C(C)(C)C)CC1(C)C. The quantitative estimate of drug-likeness (QED) is 0.194. The zero-order valence-corrected chi connectivity index (χ0v) is 108. The Morgan fingerprint density at radius 1 is 0.320 bits per heavy atom. The molecule has 13 aliphatic heterocycles. The third-order valence-electron chi connectivity index (χ3n) is 31.7. The number of nitrogens with zero attached hydrogens (tertiary/aromatic N) is 19. The van der Waals surface area contributed by atoms with E-state index in [9.17, 15) is 23.2 Å². The standard InChI is InChI=1S/C13H28N2.2C11H24N2.C10H21N.C9H20N2.C9H19N.C8H17NO.C8H15NO.C8H17N.C7H13F2N.C7H14N2O.C7H12N2.C7H13NO.C6H13N/c1-11(2,3)15-9-12(4,5)14(8)13(6,7)10-15;1-9-7-13(11(3,4)5)8-10(2)12(9)6;1-10(2,3)13-8-7-12(6)11(4,5)9-13;1-9-5-7-11(8-6-9)10(2,3)4;1-9(2,3)11-7-5-10(4)6-8-11;1-8-5-6-10(7-8)9(2,3)4;1-8(2,3)9-4-6-10-7-5-9;1-8(2,3)9-6-4-5-7(9)10;1-7-5-9(6-7)8(2,3)4;1-6(2,3)10-4-7(8,9)5-10;1-7(2,3)9-5-4-8-6(9)10;1-7(2,3)9-5-4-8-6-9;1-7(2,3)8-5-4-6(8)9;1-6(2,3)7-4-5-7/h9-10H2,1-8H3;9-10H,7-8H2,1-6H3;7-9H2,1-6H3;9H,5-8H2,1-4H3;5-8H2,1-4H3;8H,5-7H2,1-4H3;4-7H2,1-3H3;4-6H2,1-3H3;7H,5-6H2,1-4H3;4-5H2,1-3H3;4-5H2,1-3H3,(H,8,10);4-6H,1-3H3;4-5H2,1-3H3;4-5H2,1-3H3. The fraction of sp³-hybridized carbons (Fsp3) is 0.950. The molecule has 14 rings (SSSR count). The van der Waals surface area contributed by atoms with Gasteiger partial charge in [-0.25, -0.2) is 18.6 Å². The summed E-state index contributed by atoms with van der Waals surface area (Å²) >= 11 is 0. The highest BCUT2D eigenvalue weighted by atomic mass is 19.3. The molecule has 0 bridgehead atoms. The molecule has 0 aliphatic carbocycles. The molecule has 3 unspecified atom stereocenters. The van der Waals surface area contributed by atoms with Gasteiger partial charge >= 0.3 is 6.03 Å². The average molecular weight is 2090 g/mol.